The quantitative estimate of drug-likeness (QED) is 0.848. The van der Waals surface area contributed by atoms with Crippen molar-refractivity contribution in [2.24, 2.45) is 11.8 Å². The number of hydrogen-bond acceptors (Lipinski definition) is 2. The van der Waals surface area contributed by atoms with Crippen LogP contribution >= 0.6 is 0 Å². The zero-order valence-electron chi connectivity index (χ0n) is 13.0. The minimum atomic E-state index is 0.0402. The molecule has 3 unspecified atom stereocenters. The number of hydrogen-bond donors (Lipinski definition) is 1. The van der Waals surface area contributed by atoms with Gasteiger partial charge >= 0.3 is 0 Å². The number of nitrogens with zero attached hydrogens (tertiary/aromatic N) is 1. The van der Waals surface area contributed by atoms with Gasteiger partial charge in [0.05, 0.1) is 12.2 Å². The molecule has 1 aliphatic carbocycles. The molecule has 3 nitrogen and oxygen atoms in total. The number of carbonyl (C=O) groups is 1. The average Bonchev–Trinajstić information content (AvgIpc) is 2.76. The lowest BCUT2D eigenvalue weighted by Gasteiger charge is -2.38. The molecular weight excluding hydrogens is 236 g/mol. The van der Waals surface area contributed by atoms with E-state index in [0.717, 1.165) is 6.42 Å². The summed E-state index contributed by atoms with van der Waals surface area (Å²) in [5, 5.41) is 3.54. The van der Waals surface area contributed by atoms with Crippen molar-refractivity contribution in [1.82, 2.24) is 10.2 Å². The normalized spacial score (nSPS) is 31.2. The second-order valence-electron chi connectivity index (χ2n) is 6.70. The maximum atomic E-state index is 12.6. The monoisotopic (exact) mass is 266 g/mol. The van der Waals surface area contributed by atoms with E-state index in [4.69, 9.17) is 0 Å². The Morgan fingerprint density at radius 3 is 2.37 bits per heavy atom. The molecule has 1 saturated heterocycles. The van der Waals surface area contributed by atoms with Crippen molar-refractivity contribution in [3.05, 3.63) is 0 Å². The molecule has 0 spiro atoms. The van der Waals surface area contributed by atoms with Gasteiger partial charge in [-0.3, -0.25) is 10.1 Å². The Balaban J connectivity index is 2.11. The summed E-state index contributed by atoms with van der Waals surface area (Å²) in [6, 6.07) is 0.433. The van der Waals surface area contributed by atoms with Crippen molar-refractivity contribution < 1.29 is 4.79 Å². The summed E-state index contributed by atoms with van der Waals surface area (Å²) in [6.45, 7) is 8.79. The van der Waals surface area contributed by atoms with Gasteiger partial charge in [-0.05, 0) is 38.0 Å². The lowest BCUT2D eigenvalue weighted by molar-refractivity contribution is -0.134. The third kappa shape index (κ3) is 2.96. The topological polar surface area (TPSA) is 32.3 Å². The highest BCUT2D eigenvalue weighted by atomic mass is 16.2. The lowest BCUT2D eigenvalue weighted by atomic mass is 9.83. The molecule has 1 heterocycles. The SMILES string of the molecule is CCC1NC(C(C)C)N(C(C)C2CCCCC2)C1=O. The molecule has 2 aliphatic rings. The van der Waals surface area contributed by atoms with Crippen LogP contribution in [0.4, 0.5) is 0 Å². The van der Waals surface area contributed by atoms with Gasteiger partial charge in [-0.1, -0.05) is 40.0 Å². The Labute approximate surface area is 118 Å². The number of amides is 1. The Kier molecular flexibility index (Phi) is 4.88. The summed E-state index contributed by atoms with van der Waals surface area (Å²) in [5.41, 5.74) is 0. The van der Waals surface area contributed by atoms with E-state index in [2.05, 4.69) is 37.9 Å². The van der Waals surface area contributed by atoms with Crippen LogP contribution in [-0.2, 0) is 4.79 Å². The van der Waals surface area contributed by atoms with Crippen LogP contribution in [0, 0.1) is 11.8 Å². The van der Waals surface area contributed by atoms with Gasteiger partial charge in [0.15, 0.2) is 0 Å². The Hall–Kier alpha value is -0.570. The van der Waals surface area contributed by atoms with Crippen molar-refractivity contribution in [3.63, 3.8) is 0 Å². The van der Waals surface area contributed by atoms with E-state index in [1.807, 2.05) is 0 Å². The molecule has 1 N–H and O–H groups in total. The molecule has 19 heavy (non-hydrogen) atoms. The minimum Gasteiger partial charge on any atom is -0.323 e. The van der Waals surface area contributed by atoms with Gasteiger partial charge in [0, 0.05) is 6.04 Å². The van der Waals surface area contributed by atoms with Crippen molar-refractivity contribution in [2.45, 2.75) is 84.5 Å². The Morgan fingerprint density at radius 2 is 1.84 bits per heavy atom. The maximum Gasteiger partial charge on any atom is 0.241 e. The van der Waals surface area contributed by atoms with Gasteiger partial charge < -0.3 is 4.90 Å². The second-order valence-corrected chi connectivity index (χ2v) is 6.70. The molecule has 1 saturated carbocycles. The van der Waals surface area contributed by atoms with Gasteiger partial charge in [0.2, 0.25) is 5.91 Å². The van der Waals surface area contributed by atoms with E-state index in [0.29, 0.717) is 23.8 Å². The first-order valence-corrected chi connectivity index (χ1v) is 8.14. The molecule has 0 aromatic heterocycles. The fraction of sp³-hybridized carbons (Fsp3) is 0.938. The average molecular weight is 266 g/mol. The van der Waals surface area contributed by atoms with Crippen molar-refractivity contribution >= 4 is 5.91 Å². The van der Waals surface area contributed by atoms with Crippen LogP contribution in [0.1, 0.15) is 66.2 Å². The highest BCUT2D eigenvalue weighted by molar-refractivity contribution is 5.84. The molecule has 0 aromatic carbocycles. The standard InChI is InChI=1S/C16H30N2O/c1-5-14-16(19)18(15(17-14)11(2)3)12(4)13-9-7-6-8-10-13/h11-15,17H,5-10H2,1-4H3. The van der Waals surface area contributed by atoms with Crippen molar-refractivity contribution in [3.8, 4) is 0 Å². The summed E-state index contributed by atoms with van der Waals surface area (Å²) in [5.74, 6) is 1.52. The molecule has 0 bridgehead atoms. The number of rotatable bonds is 4. The summed E-state index contributed by atoms with van der Waals surface area (Å²) in [4.78, 5) is 14.8. The van der Waals surface area contributed by atoms with Gasteiger partial charge in [-0.25, -0.2) is 0 Å². The summed E-state index contributed by atoms with van der Waals surface area (Å²) in [6.07, 6.45) is 7.78. The van der Waals surface area contributed by atoms with E-state index in [9.17, 15) is 4.79 Å². The lowest BCUT2D eigenvalue weighted by Crippen LogP contribution is -2.49. The smallest absolute Gasteiger partial charge is 0.241 e. The molecule has 3 atom stereocenters. The Bertz CT molecular complexity index is 310. The number of nitrogens with one attached hydrogen (secondary N) is 1. The zero-order valence-corrected chi connectivity index (χ0v) is 13.0. The van der Waals surface area contributed by atoms with E-state index in [-0.39, 0.29) is 12.2 Å². The van der Waals surface area contributed by atoms with Crippen LogP contribution in [0.5, 0.6) is 0 Å². The minimum absolute atomic E-state index is 0.0402. The maximum absolute atomic E-state index is 12.6. The van der Waals surface area contributed by atoms with E-state index in [1.54, 1.807) is 0 Å². The molecule has 0 aromatic rings. The third-order valence-corrected chi connectivity index (χ3v) is 5.03. The highest BCUT2D eigenvalue weighted by Crippen LogP contribution is 2.32. The summed E-state index contributed by atoms with van der Waals surface area (Å²) >= 11 is 0. The molecular formula is C16H30N2O. The summed E-state index contributed by atoms with van der Waals surface area (Å²) < 4.78 is 0. The van der Waals surface area contributed by atoms with Gasteiger partial charge in [0.25, 0.3) is 0 Å². The first-order valence-electron chi connectivity index (χ1n) is 8.14. The fourth-order valence-electron chi connectivity index (χ4n) is 3.78. The predicted molar refractivity (Wildman–Crippen MR) is 78.7 cm³/mol. The van der Waals surface area contributed by atoms with Crippen LogP contribution in [0.3, 0.4) is 0 Å². The molecule has 1 amide bonds. The van der Waals surface area contributed by atoms with Crippen molar-refractivity contribution in [1.29, 1.82) is 0 Å². The Morgan fingerprint density at radius 1 is 1.21 bits per heavy atom. The van der Waals surface area contributed by atoms with Crippen LogP contribution < -0.4 is 5.32 Å². The molecule has 0 radical (unpaired) electrons. The van der Waals surface area contributed by atoms with Crippen LogP contribution in [-0.4, -0.2) is 29.1 Å². The molecule has 110 valence electrons. The van der Waals surface area contributed by atoms with E-state index >= 15 is 0 Å². The van der Waals surface area contributed by atoms with Gasteiger partial charge in [-0.2, -0.15) is 0 Å². The van der Waals surface area contributed by atoms with Crippen molar-refractivity contribution in [2.75, 3.05) is 0 Å². The number of carbonyl (C=O) groups excluding carboxylic acids is 1. The van der Waals surface area contributed by atoms with Gasteiger partial charge in [0.1, 0.15) is 0 Å². The second kappa shape index (κ2) is 6.25. The third-order valence-electron chi connectivity index (χ3n) is 5.03. The molecule has 1 aliphatic heterocycles. The molecule has 2 rings (SSSR count). The summed E-state index contributed by atoms with van der Waals surface area (Å²) in [7, 11) is 0. The first-order chi connectivity index (χ1) is 9.06. The van der Waals surface area contributed by atoms with Crippen LogP contribution in [0.15, 0.2) is 0 Å². The largest absolute Gasteiger partial charge is 0.323 e. The fourth-order valence-corrected chi connectivity index (χ4v) is 3.78. The molecule has 2 fully saturated rings. The van der Waals surface area contributed by atoms with Crippen LogP contribution in [0.25, 0.3) is 0 Å². The zero-order chi connectivity index (χ0) is 14.0. The predicted octanol–water partition coefficient (Wildman–Crippen LogP) is 3.15. The van der Waals surface area contributed by atoms with Gasteiger partial charge in [-0.15, -0.1) is 0 Å². The van der Waals surface area contributed by atoms with Crippen LogP contribution in [0.2, 0.25) is 0 Å². The molecule has 3 heteroatoms. The highest BCUT2D eigenvalue weighted by Gasteiger charge is 2.43. The van der Waals surface area contributed by atoms with E-state index < -0.39 is 0 Å². The first kappa shape index (κ1) is 14.8. The van der Waals surface area contributed by atoms with E-state index in [1.165, 1.54) is 32.1 Å².